The molecule has 0 unspecified atom stereocenters. The fourth-order valence-electron chi connectivity index (χ4n) is 3.34. The van der Waals surface area contributed by atoms with E-state index in [4.69, 9.17) is 21.1 Å². The van der Waals surface area contributed by atoms with Crippen LogP contribution in [0.1, 0.15) is 22.8 Å². The first-order chi connectivity index (χ1) is 18.1. The summed E-state index contributed by atoms with van der Waals surface area (Å²) in [6.45, 7) is 6.25. The molecule has 1 heterocycles. The number of amides is 1. The molecule has 1 amide bonds. The molecule has 2 N–H and O–H groups in total. The van der Waals surface area contributed by atoms with Crippen molar-refractivity contribution in [3.8, 4) is 22.8 Å². The van der Waals surface area contributed by atoms with E-state index >= 15 is 0 Å². The van der Waals surface area contributed by atoms with E-state index in [1.54, 1.807) is 30.3 Å². The fourth-order valence-corrected chi connectivity index (χ4v) is 4.35. The molecule has 3 aromatic carbocycles. The Morgan fingerprint density at radius 1 is 1.14 bits per heavy atom. The molecule has 9 heteroatoms. The SMILES string of the molecule is C=CCOc1c(Cl)cc(/C=N\NC(=O)c2ccc(-c3csc(Nc4ccccc4)n3)cc2)cc1OCC. The van der Waals surface area contributed by atoms with Gasteiger partial charge in [0.05, 0.1) is 23.5 Å². The second-order valence-corrected chi connectivity index (χ2v) is 8.93. The van der Waals surface area contributed by atoms with Gasteiger partial charge < -0.3 is 14.8 Å². The molecule has 0 atom stereocenters. The summed E-state index contributed by atoms with van der Waals surface area (Å²) in [6.07, 6.45) is 3.12. The Bertz CT molecular complexity index is 1390. The summed E-state index contributed by atoms with van der Waals surface area (Å²) in [6, 6.07) is 20.5. The van der Waals surface area contributed by atoms with Crippen molar-refractivity contribution in [3.05, 3.63) is 101 Å². The number of hydrogen-bond donors (Lipinski definition) is 2. The van der Waals surface area contributed by atoms with Gasteiger partial charge in [-0.1, -0.05) is 54.6 Å². The maximum Gasteiger partial charge on any atom is 0.271 e. The van der Waals surface area contributed by atoms with Crippen molar-refractivity contribution in [2.45, 2.75) is 6.92 Å². The summed E-state index contributed by atoms with van der Waals surface area (Å²) < 4.78 is 11.2. The van der Waals surface area contributed by atoms with Gasteiger partial charge in [-0.05, 0) is 48.9 Å². The maximum atomic E-state index is 12.6. The highest BCUT2D eigenvalue weighted by Gasteiger charge is 2.12. The van der Waals surface area contributed by atoms with Crippen molar-refractivity contribution in [1.82, 2.24) is 10.4 Å². The smallest absolute Gasteiger partial charge is 0.271 e. The second-order valence-electron chi connectivity index (χ2n) is 7.67. The Labute approximate surface area is 224 Å². The van der Waals surface area contributed by atoms with Gasteiger partial charge in [0.2, 0.25) is 0 Å². The Morgan fingerprint density at radius 2 is 1.92 bits per heavy atom. The molecule has 0 spiro atoms. The molecule has 4 rings (SSSR count). The predicted octanol–water partition coefficient (Wildman–Crippen LogP) is 6.93. The van der Waals surface area contributed by atoms with Gasteiger partial charge in [0.15, 0.2) is 16.6 Å². The summed E-state index contributed by atoms with van der Waals surface area (Å²) in [4.78, 5) is 17.2. The number of nitrogens with one attached hydrogen (secondary N) is 2. The highest BCUT2D eigenvalue weighted by Crippen LogP contribution is 2.36. The number of halogens is 1. The van der Waals surface area contributed by atoms with E-state index in [0.717, 1.165) is 22.1 Å². The first-order valence-corrected chi connectivity index (χ1v) is 12.7. The normalized spacial score (nSPS) is 10.8. The van der Waals surface area contributed by atoms with Crippen LogP contribution >= 0.6 is 22.9 Å². The minimum atomic E-state index is -0.338. The molecule has 0 saturated carbocycles. The summed E-state index contributed by atoms with van der Waals surface area (Å²) in [5.74, 6) is 0.590. The molecule has 0 saturated heterocycles. The van der Waals surface area contributed by atoms with Crippen molar-refractivity contribution in [2.75, 3.05) is 18.5 Å². The van der Waals surface area contributed by atoms with Gasteiger partial charge >= 0.3 is 0 Å². The number of ether oxygens (including phenoxy) is 2. The lowest BCUT2D eigenvalue weighted by Gasteiger charge is -2.13. The fraction of sp³-hybridized carbons (Fsp3) is 0.107. The van der Waals surface area contributed by atoms with Crippen LogP contribution in [-0.4, -0.2) is 30.3 Å². The van der Waals surface area contributed by atoms with Crippen molar-refractivity contribution < 1.29 is 14.3 Å². The molecule has 7 nitrogen and oxygen atoms in total. The van der Waals surface area contributed by atoms with Gasteiger partial charge in [-0.3, -0.25) is 4.79 Å². The zero-order valence-corrected chi connectivity index (χ0v) is 21.7. The van der Waals surface area contributed by atoms with Crippen LogP contribution in [0.4, 0.5) is 10.8 Å². The van der Waals surface area contributed by atoms with Crippen molar-refractivity contribution >= 4 is 45.9 Å². The number of anilines is 2. The standard InChI is InChI=1S/C28H25ClN4O3S/c1-3-14-36-26-23(29)15-19(16-25(26)35-4-2)17-30-33-27(34)21-12-10-20(11-13-21)24-18-37-28(32-24)31-22-8-6-5-7-9-22/h3,5-13,15-18H,1,4,14H2,2H3,(H,31,32)(H,33,34)/b30-17-. The number of hydrazone groups is 1. The van der Waals surface area contributed by atoms with Crippen LogP contribution in [0, 0.1) is 0 Å². The molecule has 0 aliphatic rings. The molecule has 0 aliphatic heterocycles. The van der Waals surface area contributed by atoms with Crippen LogP contribution in [0.3, 0.4) is 0 Å². The van der Waals surface area contributed by atoms with Crippen LogP contribution < -0.4 is 20.2 Å². The molecule has 0 bridgehead atoms. The summed E-state index contributed by atoms with van der Waals surface area (Å²) >= 11 is 7.87. The third kappa shape index (κ3) is 6.97. The zero-order valence-electron chi connectivity index (χ0n) is 20.1. The van der Waals surface area contributed by atoms with E-state index in [1.165, 1.54) is 17.6 Å². The highest BCUT2D eigenvalue weighted by atomic mass is 35.5. The number of benzene rings is 3. The lowest BCUT2D eigenvalue weighted by molar-refractivity contribution is 0.0955. The second kappa shape index (κ2) is 12.7. The van der Waals surface area contributed by atoms with Gasteiger partial charge in [-0.15, -0.1) is 11.3 Å². The van der Waals surface area contributed by atoms with Gasteiger partial charge in [0.25, 0.3) is 5.91 Å². The zero-order chi connectivity index (χ0) is 26.0. The van der Waals surface area contributed by atoms with Crippen molar-refractivity contribution in [1.29, 1.82) is 0 Å². The van der Waals surface area contributed by atoms with Crippen LogP contribution in [0.25, 0.3) is 11.3 Å². The minimum absolute atomic E-state index is 0.302. The van der Waals surface area contributed by atoms with Crippen LogP contribution in [0.5, 0.6) is 11.5 Å². The Hall–Kier alpha value is -4.14. The van der Waals surface area contributed by atoms with E-state index in [0.29, 0.717) is 40.9 Å². The van der Waals surface area contributed by atoms with Crippen LogP contribution in [0.15, 0.2) is 89.9 Å². The lowest BCUT2D eigenvalue weighted by Crippen LogP contribution is -2.17. The Morgan fingerprint density at radius 3 is 2.65 bits per heavy atom. The van der Waals surface area contributed by atoms with Crippen LogP contribution in [0.2, 0.25) is 5.02 Å². The van der Waals surface area contributed by atoms with E-state index in [1.807, 2.05) is 54.8 Å². The van der Waals surface area contributed by atoms with Gasteiger partial charge in [-0.2, -0.15) is 5.10 Å². The van der Waals surface area contributed by atoms with Gasteiger partial charge in [-0.25, -0.2) is 10.4 Å². The number of hydrogen-bond acceptors (Lipinski definition) is 7. The number of carbonyl (C=O) groups excluding carboxylic acids is 1. The molecule has 4 aromatic rings. The first-order valence-electron chi connectivity index (χ1n) is 11.5. The Balaban J connectivity index is 1.38. The number of nitrogens with zero attached hydrogens (tertiary/aromatic N) is 2. The van der Waals surface area contributed by atoms with E-state index in [-0.39, 0.29) is 5.91 Å². The molecule has 188 valence electrons. The molecular weight excluding hydrogens is 508 g/mol. The number of aromatic nitrogens is 1. The minimum Gasteiger partial charge on any atom is -0.490 e. The van der Waals surface area contributed by atoms with Gasteiger partial charge in [0, 0.05) is 22.2 Å². The average Bonchev–Trinajstić information content (AvgIpc) is 3.37. The van der Waals surface area contributed by atoms with E-state index in [2.05, 4.69) is 27.4 Å². The molecule has 0 aliphatic carbocycles. The van der Waals surface area contributed by atoms with E-state index in [9.17, 15) is 4.79 Å². The predicted molar refractivity (Wildman–Crippen MR) is 151 cm³/mol. The number of carbonyl (C=O) groups is 1. The molecule has 37 heavy (non-hydrogen) atoms. The van der Waals surface area contributed by atoms with Gasteiger partial charge in [0.1, 0.15) is 6.61 Å². The highest BCUT2D eigenvalue weighted by molar-refractivity contribution is 7.14. The maximum absolute atomic E-state index is 12.6. The number of thiazole rings is 1. The van der Waals surface area contributed by atoms with Crippen molar-refractivity contribution in [2.24, 2.45) is 5.10 Å². The lowest BCUT2D eigenvalue weighted by atomic mass is 10.1. The number of rotatable bonds is 11. The molecule has 0 fully saturated rings. The number of para-hydroxylation sites is 1. The summed E-state index contributed by atoms with van der Waals surface area (Å²) in [5.41, 5.74) is 6.38. The quantitative estimate of drug-likeness (QED) is 0.124. The Kier molecular flexibility index (Phi) is 8.91. The molecule has 0 radical (unpaired) electrons. The topological polar surface area (TPSA) is 84.8 Å². The third-order valence-corrected chi connectivity index (χ3v) is 6.07. The first kappa shape index (κ1) is 25.9. The molecule has 1 aromatic heterocycles. The summed E-state index contributed by atoms with van der Waals surface area (Å²) in [7, 11) is 0. The van der Waals surface area contributed by atoms with E-state index < -0.39 is 0 Å². The molecular formula is C28H25ClN4O3S. The monoisotopic (exact) mass is 532 g/mol. The van der Waals surface area contributed by atoms with Crippen LogP contribution in [-0.2, 0) is 0 Å². The summed E-state index contributed by atoms with van der Waals surface area (Å²) in [5, 5.41) is 10.5. The third-order valence-electron chi connectivity index (χ3n) is 5.03. The largest absolute Gasteiger partial charge is 0.490 e. The van der Waals surface area contributed by atoms with Crippen molar-refractivity contribution in [3.63, 3.8) is 0 Å². The average molecular weight is 533 g/mol.